The van der Waals surface area contributed by atoms with Crippen LogP contribution in [0.3, 0.4) is 0 Å². The fourth-order valence-electron chi connectivity index (χ4n) is 4.53. The van der Waals surface area contributed by atoms with E-state index in [2.05, 4.69) is 28.6 Å². The van der Waals surface area contributed by atoms with Gasteiger partial charge in [0.15, 0.2) is 0 Å². The second-order valence-corrected chi connectivity index (χ2v) is 8.50. The van der Waals surface area contributed by atoms with E-state index in [0.29, 0.717) is 6.54 Å². The summed E-state index contributed by atoms with van der Waals surface area (Å²) in [5.41, 5.74) is 4.80. The summed E-state index contributed by atoms with van der Waals surface area (Å²) in [4.78, 5) is 14.0. The molecule has 2 heterocycles. The van der Waals surface area contributed by atoms with Gasteiger partial charge in [-0.15, -0.1) is 0 Å². The normalized spacial score (nSPS) is 15.6. The van der Waals surface area contributed by atoms with Crippen molar-refractivity contribution in [1.29, 1.82) is 0 Å². The molecule has 0 saturated carbocycles. The highest BCUT2D eigenvalue weighted by Gasteiger charge is 2.24. The molecule has 0 saturated heterocycles. The molecule has 1 aliphatic rings. The van der Waals surface area contributed by atoms with Gasteiger partial charge in [-0.3, -0.25) is 4.79 Å². The van der Waals surface area contributed by atoms with Gasteiger partial charge in [-0.1, -0.05) is 23.7 Å². The minimum atomic E-state index is -0.791. The van der Waals surface area contributed by atoms with Crippen molar-refractivity contribution < 1.29 is 14.6 Å². The number of methoxy groups -OCH3 is 1. The molecule has 0 aliphatic carbocycles. The van der Waals surface area contributed by atoms with E-state index in [1.54, 1.807) is 7.11 Å². The molecule has 1 N–H and O–H groups in total. The number of aliphatic carboxylic acids is 1. The van der Waals surface area contributed by atoms with Crippen molar-refractivity contribution in [2.24, 2.45) is 0 Å². The predicted octanol–water partition coefficient (Wildman–Crippen LogP) is 4.59. The SMILES string of the molecule is COc1ccc(C(CC(=O)O)Cn2c3c(c4cc(Cl)ccc42)CCN(C)CC3)cc1. The lowest BCUT2D eigenvalue weighted by Crippen LogP contribution is -2.22. The fraction of sp³-hybridized carbons (Fsp3) is 0.375. The summed E-state index contributed by atoms with van der Waals surface area (Å²) < 4.78 is 7.60. The van der Waals surface area contributed by atoms with Crippen molar-refractivity contribution in [3.05, 3.63) is 64.3 Å². The summed E-state index contributed by atoms with van der Waals surface area (Å²) in [7, 11) is 3.78. The van der Waals surface area contributed by atoms with Crippen molar-refractivity contribution in [1.82, 2.24) is 9.47 Å². The van der Waals surface area contributed by atoms with Crippen molar-refractivity contribution in [2.75, 3.05) is 27.2 Å². The largest absolute Gasteiger partial charge is 0.497 e. The average molecular weight is 427 g/mol. The highest BCUT2D eigenvalue weighted by molar-refractivity contribution is 6.31. The number of rotatable bonds is 6. The number of hydrogen-bond donors (Lipinski definition) is 1. The number of fused-ring (bicyclic) bond motifs is 3. The second-order valence-electron chi connectivity index (χ2n) is 8.07. The predicted molar refractivity (Wildman–Crippen MR) is 120 cm³/mol. The van der Waals surface area contributed by atoms with Crippen molar-refractivity contribution in [3.8, 4) is 5.75 Å². The van der Waals surface area contributed by atoms with Gasteiger partial charge in [0.25, 0.3) is 0 Å². The van der Waals surface area contributed by atoms with Crippen molar-refractivity contribution in [2.45, 2.75) is 31.7 Å². The first-order chi connectivity index (χ1) is 14.5. The van der Waals surface area contributed by atoms with Gasteiger partial charge in [-0.2, -0.15) is 0 Å². The minimum absolute atomic E-state index is 0.0776. The summed E-state index contributed by atoms with van der Waals surface area (Å²) in [5.74, 6) is -0.156. The van der Waals surface area contributed by atoms with Crippen LogP contribution in [0.1, 0.15) is 29.2 Å². The number of aromatic nitrogens is 1. The van der Waals surface area contributed by atoms with E-state index in [1.807, 2.05) is 30.3 Å². The lowest BCUT2D eigenvalue weighted by molar-refractivity contribution is -0.137. The third kappa shape index (κ3) is 4.18. The fourth-order valence-corrected chi connectivity index (χ4v) is 4.70. The molecule has 1 atom stereocenters. The molecule has 0 bridgehead atoms. The Kier molecular flexibility index (Phi) is 6.02. The van der Waals surface area contributed by atoms with Gasteiger partial charge in [-0.05, 0) is 54.9 Å². The third-order valence-electron chi connectivity index (χ3n) is 6.13. The first kappa shape index (κ1) is 20.8. The van der Waals surface area contributed by atoms with Crippen LogP contribution in [0.4, 0.5) is 0 Å². The molecular weight excluding hydrogens is 400 g/mol. The monoisotopic (exact) mass is 426 g/mol. The molecule has 1 aliphatic heterocycles. The van der Waals surface area contributed by atoms with Crippen LogP contribution in [-0.4, -0.2) is 47.8 Å². The molecule has 6 heteroatoms. The molecule has 2 aromatic carbocycles. The van der Waals surface area contributed by atoms with Crippen LogP contribution in [-0.2, 0) is 24.2 Å². The highest BCUT2D eigenvalue weighted by Crippen LogP contribution is 2.34. The lowest BCUT2D eigenvalue weighted by atomic mass is 9.95. The Balaban J connectivity index is 1.79. The van der Waals surface area contributed by atoms with Crippen LogP contribution in [0.15, 0.2) is 42.5 Å². The van der Waals surface area contributed by atoms with Crippen LogP contribution < -0.4 is 4.74 Å². The summed E-state index contributed by atoms with van der Waals surface area (Å²) in [6.45, 7) is 2.62. The average Bonchev–Trinajstić information content (AvgIpc) is 2.87. The molecule has 0 spiro atoms. The molecule has 0 fully saturated rings. The van der Waals surface area contributed by atoms with Gasteiger partial charge in [0.1, 0.15) is 5.75 Å². The third-order valence-corrected chi connectivity index (χ3v) is 6.37. The van der Waals surface area contributed by atoms with Crippen LogP contribution in [0.25, 0.3) is 10.9 Å². The summed E-state index contributed by atoms with van der Waals surface area (Å²) in [6, 6.07) is 13.8. The summed E-state index contributed by atoms with van der Waals surface area (Å²) >= 11 is 6.33. The molecule has 30 heavy (non-hydrogen) atoms. The molecular formula is C24H27ClN2O3. The van der Waals surface area contributed by atoms with Gasteiger partial charge < -0.3 is 19.3 Å². The Morgan fingerprint density at radius 3 is 2.60 bits per heavy atom. The van der Waals surface area contributed by atoms with E-state index in [1.165, 1.54) is 16.6 Å². The van der Waals surface area contributed by atoms with E-state index in [0.717, 1.165) is 47.8 Å². The number of benzene rings is 2. The van der Waals surface area contributed by atoms with E-state index in [9.17, 15) is 9.90 Å². The summed E-state index contributed by atoms with van der Waals surface area (Å²) in [5, 5.41) is 11.5. The first-order valence-corrected chi connectivity index (χ1v) is 10.7. The highest BCUT2D eigenvalue weighted by atomic mass is 35.5. The maximum Gasteiger partial charge on any atom is 0.304 e. The quantitative estimate of drug-likeness (QED) is 0.626. The number of carbonyl (C=O) groups is 1. The van der Waals surface area contributed by atoms with Gasteiger partial charge in [0, 0.05) is 53.6 Å². The van der Waals surface area contributed by atoms with Crippen LogP contribution in [0.5, 0.6) is 5.75 Å². The number of nitrogens with zero attached hydrogens (tertiary/aromatic N) is 2. The number of hydrogen-bond acceptors (Lipinski definition) is 3. The minimum Gasteiger partial charge on any atom is -0.497 e. The molecule has 158 valence electrons. The zero-order chi connectivity index (χ0) is 21.3. The number of carboxylic acids is 1. The standard InChI is InChI=1S/C24H27ClN2O3/c1-26-11-9-20-21-14-18(25)5-8-22(21)27(23(20)10-12-26)15-17(13-24(28)29)16-3-6-19(30-2)7-4-16/h3-8,14,17H,9-13,15H2,1-2H3,(H,28,29). The van der Waals surface area contributed by atoms with Gasteiger partial charge in [0.2, 0.25) is 0 Å². The van der Waals surface area contributed by atoms with Crippen LogP contribution >= 0.6 is 11.6 Å². The zero-order valence-corrected chi connectivity index (χ0v) is 18.2. The van der Waals surface area contributed by atoms with Crippen molar-refractivity contribution >= 4 is 28.5 Å². The number of likely N-dealkylation sites (N-methyl/N-ethyl adjacent to an activating group) is 1. The molecule has 0 amide bonds. The maximum absolute atomic E-state index is 11.7. The lowest BCUT2D eigenvalue weighted by Gasteiger charge is -2.20. The Hall–Kier alpha value is -2.50. The first-order valence-electron chi connectivity index (χ1n) is 10.3. The second kappa shape index (κ2) is 8.70. The van der Waals surface area contributed by atoms with Gasteiger partial charge in [0.05, 0.1) is 13.5 Å². The molecule has 3 aromatic rings. The maximum atomic E-state index is 11.7. The topological polar surface area (TPSA) is 54.7 Å². The van der Waals surface area contributed by atoms with Crippen LogP contribution in [0, 0.1) is 0 Å². The number of halogens is 1. The summed E-state index contributed by atoms with van der Waals surface area (Å²) in [6.07, 6.45) is 2.00. The van der Waals surface area contributed by atoms with E-state index in [-0.39, 0.29) is 12.3 Å². The molecule has 1 unspecified atom stereocenters. The molecule has 4 rings (SSSR count). The number of carboxylic acid groups (broad SMARTS) is 1. The van der Waals surface area contributed by atoms with Crippen LogP contribution in [0.2, 0.25) is 5.02 Å². The molecule has 1 aromatic heterocycles. The van der Waals surface area contributed by atoms with E-state index >= 15 is 0 Å². The Labute approximate surface area is 181 Å². The van der Waals surface area contributed by atoms with Gasteiger partial charge >= 0.3 is 5.97 Å². The number of ether oxygens (including phenoxy) is 1. The smallest absolute Gasteiger partial charge is 0.304 e. The molecule has 0 radical (unpaired) electrons. The van der Waals surface area contributed by atoms with E-state index in [4.69, 9.17) is 16.3 Å². The van der Waals surface area contributed by atoms with E-state index < -0.39 is 5.97 Å². The van der Waals surface area contributed by atoms with Gasteiger partial charge in [-0.25, -0.2) is 0 Å². The van der Waals surface area contributed by atoms with Crippen molar-refractivity contribution in [3.63, 3.8) is 0 Å². The zero-order valence-electron chi connectivity index (χ0n) is 17.4. The molecule has 5 nitrogen and oxygen atoms in total. The Morgan fingerprint density at radius 1 is 1.17 bits per heavy atom. The Morgan fingerprint density at radius 2 is 1.90 bits per heavy atom. The Bertz CT molecular complexity index is 1060.